The van der Waals surface area contributed by atoms with Crippen LogP contribution in [0.25, 0.3) is 0 Å². The largest absolute Gasteiger partial charge is 0.497 e. The number of piperazine rings is 2. The standard InChI is InChI=1S/C27H35N5O6/c1-36-20-6-4-19(5-7-20)31-14-12-30(13-15-31)18-26(34)32-11-10-28-27(35)23(32)17-25(33)29-22-16-21(37-2)8-9-24(22)38-3/h4-9,16,23H,10-15,17-18H2,1-3H3,(H,28,35)(H,29,33). The van der Waals surface area contributed by atoms with E-state index in [2.05, 4.69) is 20.4 Å². The number of carbonyl (C=O) groups is 3. The molecule has 2 saturated heterocycles. The topological polar surface area (TPSA) is 113 Å². The monoisotopic (exact) mass is 525 g/mol. The third-order valence-corrected chi connectivity index (χ3v) is 6.88. The first-order valence-corrected chi connectivity index (χ1v) is 12.6. The minimum atomic E-state index is -0.881. The number of nitrogens with zero attached hydrogens (tertiary/aromatic N) is 3. The second-order valence-corrected chi connectivity index (χ2v) is 9.17. The van der Waals surface area contributed by atoms with Crippen LogP contribution >= 0.6 is 0 Å². The fourth-order valence-corrected chi connectivity index (χ4v) is 4.74. The molecule has 11 nitrogen and oxygen atoms in total. The van der Waals surface area contributed by atoms with Gasteiger partial charge in [-0.05, 0) is 36.4 Å². The fourth-order valence-electron chi connectivity index (χ4n) is 4.74. The number of methoxy groups -OCH3 is 3. The Morgan fingerprint density at radius 1 is 0.921 bits per heavy atom. The molecule has 0 aliphatic carbocycles. The second kappa shape index (κ2) is 12.5. The summed E-state index contributed by atoms with van der Waals surface area (Å²) in [7, 11) is 4.68. The molecule has 0 saturated carbocycles. The van der Waals surface area contributed by atoms with Crippen LogP contribution in [-0.2, 0) is 14.4 Å². The van der Waals surface area contributed by atoms with Gasteiger partial charge in [0.25, 0.3) is 0 Å². The van der Waals surface area contributed by atoms with Crippen molar-refractivity contribution in [1.29, 1.82) is 0 Å². The number of hydrogen-bond donors (Lipinski definition) is 2. The summed E-state index contributed by atoms with van der Waals surface area (Å²) in [6, 6.07) is 12.1. The van der Waals surface area contributed by atoms with Gasteiger partial charge in [0.15, 0.2) is 0 Å². The van der Waals surface area contributed by atoms with Gasteiger partial charge in [-0.2, -0.15) is 0 Å². The summed E-state index contributed by atoms with van der Waals surface area (Å²) in [6.45, 7) is 3.93. The van der Waals surface area contributed by atoms with Crippen LogP contribution in [-0.4, -0.2) is 101 Å². The Morgan fingerprint density at radius 2 is 1.61 bits per heavy atom. The van der Waals surface area contributed by atoms with Crippen LogP contribution in [0.3, 0.4) is 0 Å². The molecule has 2 aromatic rings. The molecule has 1 atom stereocenters. The highest BCUT2D eigenvalue weighted by molar-refractivity contribution is 5.98. The first-order chi connectivity index (χ1) is 18.4. The summed E-state index contributed by atoms with van der Waals surface area (Å²) in [6.07, 6.45) is -0.164. The maximum absolute atomic E-state index is 13.3. The Balaban J connectivity index is 1.34. The average Bonchev–Trinajstić information content (AvgIpc) is 2.94. The Kier molecular flexibility index (Phi) is 8.90. The van der Waals surface area contributed by atoms with Crippen molar-refractivity contribution in [1.82, 2.24) is 15.1 Å². The molecule has 2 aliphatic rings. The minimum absolute atomic E-state index is 0.158. The molecule has 0 radical (unpaired) electrons. The molecule has 204 valence electrons. The van der Waals surface area contributed by atoms with E-state index >= 15 is 0 Å². The van der Waals surface area contributed by atoms with E-state index in [1.165, 1.54) is 19.1 Å². The number of benzene rings is 2. The lowest BCUT2D eigenvalue weighted by atomic mass is 10.1. The second-order valence-electron chi connectivity index (χ2n) is 9.17. The predicted octanol–water partition coefficient (Wildman–Crippen LogP) is 1.19. The van der Waals surface area contributed by atoms with Crippen LogP contribution in [0.5, 0.6) is 17.2 Å². The van der Waals surface area contributed by atoms with Gasteiger partial charge in [-0.25, -0.2) is 0 Å². The van der Waals surface area contributed by atoms with E-state index in [0.717, 1.165) is 37.6 Å². The molecule has 2 fully saturated rings. The average molecular weight is 526 g/mol. The SMILES string of the molecule is COc1ccc(N2CCN(CC(=O)N3CCNC(=O)C3CC(=O)Nc3cc(OC)ccc3OC)CC2)cc1. The number of carbonyl (C=O) groups excluding carboxylic acids is 3. The summed E-state index contributed by atoms with van der Waals surface area (Å²) in [5.74, 6) is 0.949. The Labute approximate surface area is 222 Å². The molecule has 3 amide bonds. The number of amides is 3. The van der Waals surface area contributed by atoms with Gasteiger partial charge in [0.2, 0.25) is 17.7 Å². The van der Waals surface area contributed by atoms with Crippen LogP contribution in [0.1, 0.15) is 6.42 Å². The van der Waals surface area contributed by atoms with Crippen LogP contribution in [0, 0.1) is 0 Å². The van der Waals surface area contributed by atoms with Crippen molar-refractivity contribution >= 4 is 29.1 Å². The molecule has 2 aromatic carbocycles. The Hall–Kier alpha value is -3.99. The van der Waals surface area contributed by atoms with E-state index in [0.29, 0.717) is 30.3 Å². The zero-order valence-corrected chi connectivity index (χ0v) is 22.1. The smallest absolute Gasteiger partial charge is 0.243 e. The van der Waals surface area contributed by atoms with Crippen LogP contribution in [0.4, 0.5) is 11.4 Å². The van der Waals surface area contributed by atoms with Gasteiger partial charge in [0, 0.05) is 51.0 Å². The van der Waals surface area contributed by atoms with Gasteiger partial charge in [-0.3, -0.25) is 19.3 Å². The zero-order chi connectivity index (χ0) is 27.1. The maximum Gasteiger partial charge on any atom is 0.243 e. The van der Waals surface area contributed by atoms with E-state index in [1.54, 1.807) is 25.3 Å². The molecule has 4 rings (SSSR count). The lowest BCUT2D eigenvalue weighted by molar-refractivity contribution is -0.145. The highest BCUT2D eigenvalue weighted by atomic mass is 16.5. The summed E-state index contributed by atoms with van der Waals surface area (Å²) in [5.41, 5.74) is 1.55. The predicted molar refractivity (Wildman–Crippen MR) is 143 cm³/mol. The summed E-state index contributed by atoms with van der Waals surface area (Å²) in [5, 5.41) is 5.56. The van der Waals surface area contributed by atoms with Crippen molar-refractivity contribution in [3.8, 4) is 17.2 Å². The molecular formula is C27H35N5O6. The van der Waals surface area contributed by atoms with Crippen LogP contribution in [0.2, 0.25) is 0 Å². The Bertz CT molecular complexity index is 1130. The lowest BCUT2D eigenvalue weighted by Crippen LogP contribution is -2.60. The van der Waals surface area contributed by atoms with E-state index < -0.39 is 11.9 Å². The van der Waals surface area contributed by atoms with Crippen molar-refractivity contribution in [2.45, 2.75) is 12.5 Å². The van der Waals surface area contributed by atoms with Crippen LogP contribution in [0.15, 0.2) is 42.5 Å². The van der Waals surface area contributed by atoms with Gasteiger partial charge < -0.3 is 34.6 Å². The van der Waals surface area contributed by atoms with Gasteiger partial charge in [0.05, 0.1) is 40.0 Å². The van der Waals surface area contributed by atoms with Crippen molar-refractivity contribution in [2.24, 2.45) is 0 Å². The van der Waals surface area contributed by atoms with Gasteiger partial charge >= 0.3 is 0 Å². The van der Waals surface area contributed by atoms with Crippen molar-refractivity contribution in [2.75, 3.05) is 77.4 Å². The number of rotatable bonds is 9. The number of ether oxygens (including phenoxy) is 3. The Morgan fingerprint density at radius 3 is 2.26 bits per heavy atom. The third-order valence-electron chi connectivity index (χ3n) is 6.88. The first kappa shape index (κ1) is 27.1. The molecule has 2 heterocycles. The number of nitrogens with one attached hydrogen (secondary N) is 2. The number of hydrogen-bond acceptors (Lipinski definition) is 8. The van der Waals surface area contributed by atoms with Gasteiger partial charge in [-0.1, -0.05) is 0 Å². The summed E-state index contributed by atoms with van der Waals surface area (Å²) < 4.78 is 15.8. The van der Waals surface area contributed by atoms with Gasteiger partial charge in [-0.15, -0.1) is 0 Å². The summed E-state index contributed by atoms with van der Waals surface area (Å²) >= 11 is 0. The minimum Gasteiger partial charge on any atom is -0.497 e. The quantitative estimate of drug-likeness (QED) is 0.502. The molecule has 0 aromatic heterocycles. The van der Waals surface area contributed by atoms with Crippen LogP contribution < -0.4 is 29.7 Å². The van der Waals surface area contributed by atoms with Crippen molar-refractivity contribution in [3.63, 3.8) is 0 Å². The first-order valence-electron chi connectivity index (χ1n) is 12.6. The maximum atomic E-state index is 13.3. The highest BCUT2D eigenvalue weighted by Crippen LogP contribution is 2.29. The number of anilines is 2. The summed E-state index contributed by atoms with van der Waals surface area (Å²) in [4.78, 5) is 44.8. The third kappa shape index (κ3) is 6.46. The molecule has 2 N–H and O–H groups in total. The van der Waals surface area contributed by atoms with Crippen molar-refractivity contribution in [3.05, 3.63) is 42.5 Å². The molecule has 11 heteroatoms. The fraction of sp³-hybridized carbons (Fsp3) is 0.444. The molecule has 38 heavy (non-hydrogen) atoms. The molecule has 0 bridgehead atoms. The molecule has 1 unspecified atom stereocenters. The highest BCUT2D eigenvalue weighted by Gasteiger charge is 2.35. The zero-order valence-electron chi connectivity index (χ0n) is 22.1. The lowest BCUT2D eigenvalue weighted by Gasteiger charge is -2.39. The van der Waals surface area contributed by atoms with E-state index in [1.807, 2.05) is 24.3 Å². The van der Waals surface area contributed by atoms with Crippen molar-refractivity contribution < 1.29 is 28.6 Å². The molecule has 2 aliphatic heterocycles. The van der Waals surface area contributed by atoms with E-state index in [4.69, 9.17) is 14.2 Å². The normalized spacial score (nSPS) is 18.0. The molecule has 0 spiro atoms. The van der Waals surface area contributed by atoms with E-state index in [-0.39, 0.29) is 24.8 Å². The van der Waals surface area contributed by atoms with Gasteiger partial charge in [0.1, 0.15) is 23.3 Å². The molecular weight excluding hydrogens is 490 g/mol. The van der Waals surface area contributed by atoms with E-state index in [9.17, 15) is 14.4 Å².